The third-order valence-corrected chi connectivity index (χ3v) is 4.53. The molecule has 1 aromatic carbocycles. The van der Waals surface area contributed by atoms with Gasteiger partial charge in [0.2, 0.25) is 5.91 Å². The maximum absolute atomic E-state index is 12.5. The van der Waals surface area contributed by atoms with Crippen molar-refractivity contribution in [1.29, 1.82) is 0 Å². The Labute approximate surface area is 147 Å². The molecule has 1 aliphatic rings. The third-order valence-electron chi connectivity index (χ3n) is 4.53. The van der Waals surface area contributed by atoms with Crippen molar-refractivity contribution in [1.82, 2.24) is 15.1 Å². The maximum atomic E-state index is 12.5. The van der Waals surface area contributed by atoms with E-state index < -0.39 is 6.04 Å². The predicted octanol–water partition coefficient (Wildman–Crippen LogP) is 2.25. The fourth-order valence-electron chi connectivity index (χ4n) is 2.98. The zero-order valence-electron chi connectivity index (χ0n) is 15.1. The van der Waals surface area contributed by atoms with E-state index in [1.165, 1.54) is 5.56 Å². The highest BCUT2D eigenvalue weighted by molar-refractivity contribution is 6.03. The van der Waals surface area contributed by atoms with E-state index in [4.69, 9.17) is 0 Å². The standard InChI is InChI=1S/C19H24N4O2/c1-19(2,3)14-7-5-13(6-8-14)17(24)21-16-9-10-23(18(16)25)15-11-20-22(4)12-15/h5-8,11-12,16H,9-10H2,1-4H3,(H,21,24)/t16-/m0/s1. The number of amides is 2. The van der Waals surface area contributed by atoms with Gasteiger partial charge in [0.1, 0.15) is 6.04 Å². The summed E-state index contributed by atoms with van der Waals surface area (Å²) in [6.45, 7) is 6.98. The Morgan fingerprint density at radius 2 is 1.92 bits per heavy atom. The lowest BCUT2D eigenvalue weighted by Gasteiger charge is -2.19. The van der Waals surface area contributed by atoms with Crippen LogP contribution in [0.1, 0.15) is 43.1 Å². The molecule has 0 radical (unpaired) electrons. The number of benzene rings is 1. The van der Waals surface area contributed by atoms with E-state index >= 15 is 0 Å². The number of aromatic nitrogens is 2. The number of hydrogen-bond donors (Lipinski definition) is 1. The quantitative estimate of drug-likeness (QED) is 0.932. The van der Waals surface area contributed by atoms with Gasteiger partial charge in [0, 0.05) is 25.4 Å². The van der Waals surface area contributed by atoms with Crippen molar-refractivity contribution in [3.05, 3.63) is 47.8 Å². The minimum absolute atomic E-state index is 0.0423. The van der Waals surface area contributed by atoms with Gasteiger partial charge in [-0.3, -0.25) is 14.3 Å². The van der Waals surface area contributed by atoms with Crippen molar-refractivity contribution >= 4 is 17.5 Å². The number of hydrogen-bond acceptors (Lipinski definition) is 3. The van der Waals surface area contributed by atoms with E-state index in [1.807, 2.05) is 31.3 Å². The lowest BCUT2D eigenvalue weighted by atomic mass is 9.86. The summed E-state index contributed by atoms with van der Waals surface area (Å²) in [7, 11) is 1.81. The first kappa shape index (κ1) is 17.2. The molecule has 132 valence electrons. The topological polar surface area (TPSA) is 67.2 Å². The lowest BCUT2D eigenvalue weighted by Crippen LogP contribution is -2.41. The Bertz CT molecular complexity index is 787. The van der Waals surface area contributed by atoms with Gasteiger partial charge in [0.05, 0.1) is 11.9 Å². The van der Waals surface area contributed by atoms with Crippen molar-refractivity contribution < 1.29 is 9.59 Å². The Morgan fingerprint density at radius 3 is 2.48 bits per heavy atom. The van der Waals surface area contributed by atoms with E-state index in [2.05, 4.69) is 31.2 Å². The first-order chi connectivity index (χ1) is 11.8. The fourth-order valence-corrected chi connectivity index (χ4v) is 2.98. The largest absolute Gasteiger partial charge is 0.340 e. The molecule has 0 spiro atoms. The third kappa shape index (κ3) is 3.57. The first-order valence-corrected chi connectivity index (χ1v) is 8.47. The summed E-state index contributed by atoms with van der Waals surface area (Å²) in [4.78, 5) is 26.7. The molecular weight excluding hydrogens is 316 g/mol. The lowest BCUT2D eigenvalue weighted by molar-refractivity contribution is -0.118. The van der Waals surface area contributed by atoms with Crippen LogP contribution in [-0.4, -0.2) is 34.2 Å². The monoisotopic (exact) mass is 340 g/mol. The van der Waals surface area contributed by atoms with Crippen LogP contribution in [-0.2, 0) is 17.3 Å². The van der Waals surface area contributed by atoms with Crippen LogP contribution in [0.15, 0.2) is 36.7 Å². The van der Waals surface area contributed by atoms with Crippen molar-refractivity contribution in [3.8, 4) is 0 Å². The zero-order valence-corrected chi connectivity index (χ0v) is 15.1. The molecule has 2 aromatic rings. The average molecular weight is 340 g/mol. The Balaban J connectivity index is 1.66. The molecule has 1 atom stereocenters. The van der Waals surface area contributed by atoms with E-state index in [1.54, 1.807) is 22.0 Å². The van der Waals surface area contributed by atoms with Gasteiger partial charge in [0.15, 0.2) is 0 Å². The van der Waals surface area contributed by atoms with E-state index in [0.717, 1.165) is 5.69 Å². The van der Waals surface area contributed by atoms with Crippen molar-refractivity contribution in [2.45, 2.75) is 38.6 Å². The Hall–Kier alpha value is -2.63. The minimum Gasteiger partial charge on any atom is -0.340 e. The van der Waals surface area contributed by atoms with Gasteiger partial charge in [-0.05, 0) is 29.5 Å². The van der Waals surface area contributed by atoms with Crippen LogP contribution in [0.2, 0.25) is 0 Å². The van der Waals surface area contributed by atoms with E-state index in [9.17, 15) is 9.59 Å². The molecule has 0 unspecified atom stereocenters. The smallest absolute Gasteiger partial charge is 0.251 e. The predicted molar refractivity (Wildman–Crippen MR) is 96.6 cm³/mol. The Kier molecular flexibility index (Phi) is 4.37. The van der Waals surface area contributed by atoms with Crippen LogP contribution in [0.5, 0.6) is 0 Å². The number of nitrogens with zero attached hydrogens (tertiary/aromatic N) is 3. The highest BCUT2D eigenvalue weighted by atomic mass is 16.2. The van der Waals surface area contributed by atoms with Crippen molar-refractivity contribution in [2.75, 3.05) is 11.4 Å². The van der Waals surface area contributed by atoms with Crippen LogP contribution in [0.4, 0.5) is 5.69 Å². The minimum atomic E-state index is -0.491. The van der Waals surface area contributed by atoms with Crippen LogP contribution in [0.25, 0.3) is 0 Å². The molecule has 25 heavy (non-hydrogen) atoms. The van der Waals surface area contributed by atoms with Gasteiger partial charge in [0.25, 0.3) is 5.91 Å². The number of nitrogens with one attached hydrogen (secondary N) is 1. The average Bonchev–Trinajstić information content (AvgIpc) is 3.13. The second-order valence-electron chi connectivity index (χ2n) is 7.50. The Morgan fingerprint density at radius 1 is 1.24 bits per heavy atom. The summed E-state index contributed by atoms with van der Waals surface area (Å²) in [5.74, 6) is -0.306. The normalized spacial score (nSPS) is 17.8. The number of carbonyl (C=O) groups is 2. The highest BCUT2D eigenvalue weighted by Crippen LogP contribution is 2.23. The second-order valence-corrected chi connectivity index (χ2v) is 7.50. The van der Waals surface area contributed by atoms with Crippen molar-refractivity contribution in [3.63, 3.8) is 0 Å². The molecule has 1 saturated heterocycles. The molecule has 1 N–H and O–H groups in total. The fraction of sp³-hybridized carbons (Fsp3) is 0.421. The van der Waals surface area contributed by atoms with Gasteiger partial charge in [-0.1, -0.05) is 32.9 Å². The summed E-state index contributed by atoms with van der Waals surface area (Å²) in [5.41, 5.74) is 2.55. The number of carbonyl (C=O) groups excluding carboxylic acids is 2. The molecule has 1 aliphatic heterocycles. The first-order valence-electron chi connectivity index (χ1n) is 8.47. The summed E-state index contributed by atoms with van der Waals surface area (Å²) >= 11 is 0. The van der Waals surface area contributed by atoms with Crippen LogP contribution in [0, 0.1) is 0 Å². The van der Waals surface area contributed by atoms with Crippen molar-refractivity contribution in [2.24, 2.45) is 7.05 Å². The zero-order chi connectivity index (χ0) is 18.2. The highest BCUT2D eigenvalue weighted by Gasteiger charge is 2.34. The SMILES string of the molecule is Cn1cc(N2CC[C@H](NC(=O)c3ccc(C(C)(C)C)cc3)C2=O)cn1. The molecule has 3 rings (SSSR count). The van der Waals surface area contributed by atoms with Gasteiger partial charge >= 0.3 is 0 Å². The van der Waals surface area contributed by atoms with Gasteiger partial charge < -0.3 is 10.2 Å². The van der Waals surface area contributed by atoms with Gasteiger partial charge in [-0.2, -0.15) is 5.10 Å². The van der Waals surface area contributed by atoms with Crippen LogP contribution >= 0.6 is 0 Å². The van der Waals surface area contributed by atoms with Crippen LogP contribution in [0.3, 0.4) is 0 Å². The van der Waals surface area contributed by atoms with E-state index in [0.29, 0.717) is 18.5 Å². The molecule has 1 aromatic heterocycles. The van der Waals surface area contributed by atoms with Gasteiger partial charge in [-0.25, -0.2) is 0 Å². The molecule has 6 nitrogen and oxygen atoms in total. The number of anilines is 1. The number of aryl methyl sites for hydroxylation is 1. The second kappa shape index (κ2) is 6.35. The molecular formula is C19H24N4O2. The molecule has 0 aliphatic carbocycles. The van der Waals surface area contributed by atoms with Crippen LogP contribution < -0.4 is 10.2 Å². The molecule has 0 saturated carbocycles. The molecule has 0 bridgehead atoms. The molecule has 2 amide bonds. The number of rotatable bonds is 3. The molecule has 6 heteroatoms. The molecule has 1 fully saturated rings. The van der Waals surface area contributed by atoms with E-state index in [-0.39, 0.29) is 17.2 Å². The van der Waals surface area contributed by atoms with Gasteiger partial charge in [-0.15, -0.1) is 0 Å². The summed E-state index contributed by atoms with van der Waals surface area (Å²) in [6, 6.07) is 7.07. The summed E-state index contributed by atoms with van der Waals surface area (Å²) in [6.07, 6.45) is 4.06. The molecule has 2 heterocycles. The summed E-state index contributed by atoms with van der Waals surface area (Å²) < 4.78 is 1.66. The maximum Gasteiger partial charge on any atom is 0.251 e. The summed E-state index contributed by atoms with van der Waals surface area (Å²) in [5, 5.41) is 6.94.